The van der Waals surface area contributed by atoms with Crippen LogP contribution in [0.15, 0.2) is 170 Å². The third-order valence-corrected chi connectivity index (χ3v) is 11.1. The van der Waals surface area contributed by atoms with Crippen LogP contribution in [0.5, 0.6) is 0 Å². The van der Waals surface area contributed by atoms with Crippen LogP contribution < -0.4 is 0 Å². The Bertz CT molecular complexity index is 3060. The van der Waals surface area contributed by atoms with Gasteiger partial charge in [0.15, 0.2) is 0 Å². The average Bonchev–Trinajstić information content (AvgIpc) is 3.74. The van der Waals surface area contributed by atoms with Crippen LogP contribution in [0.2, 0.25) is 0 Å². The van der Waals surface area contributed by atoms with Crippen molar-refractivity contribution in [2.45, 2.75) is 13.8 Å². The van der Waals surface area contributed by atoms with Gasteiger partial charge >= 0.3 is 0 Å². The van der Waals surface area contributed by atoms with E-state index in [1.54, 1.807) is 0 Å². The molecular formula is C52H34N4. The molecule has 0 saturated carbocycles. The minimum atomic E-state index is 0.547. The Labute approximate surface area is 325 Å². The van der Waals surface area contributed by atoms with Crippen LogP contribution in [0.1, 0.15) is 22.3 Å². The summed E-state index contributed by atoms with van der Waals surface area (Å²) in [6, 6.07) is 64.2. The van der Waals surface area contributed by atoms with E-state index in [2.05, 4.69) is 169 Å². The Morgan fingerprint density at radius 2 is 0.732 bits per heavy atom. The maximum absolute atomic E-state index is 10.3. The zero-order valence-corrected chi connectivity index (χ0v) is 31.0. The van der Waals surface area contributed by atoms with Gasteiger partial charge in [-0.25, -0.2) is 0 Å². The highest BCUT2D eigenvalue weighted by Gasteiger charge is 2.22. The summed E-state index contributed by atoms with van der Waals surface area (Å²) in [5.41, 5.74) is 16.0. The second kappa shape index (κ2) is 13.0. The molecule has 0 aliphatic rings. The molecule has 0 radical (unpaired) electrons. The van der Waals surface area contributed by atoms with Crippen molar-refractivity contribution >= 4 is 43.6 Å². The zero-order valence-electron chi connectivity index (χ0n) is 31.0. The number of hydrogen-bond acceptors (Lipinski definition) is 2. The first kappa shape index (κ1) is 32.9. The van der Waals surface area contributed by atoms with Gasteiger partial charge in [0.1, 0.15) is 0 Å². The van der Waals surface area contributed by atoms with Gasteiger partial charge in [0.05, 0.1) is 56.7 Å². The number of fused-ring (bicyclic) bond motifs is 6. The topological polar surface area (TPSA) is 57.4 Å². The molecule has 262 valence electrons. The molecule has 0 atom stereocenters. The summed E-state index contributed by atoms with van der Waals surface area (Å²) in [5, 5.41) is 25.2. The summed E-state index contributed by atoms with van der Waals surface area (Å²) in [7, 11) is 0. The number of nitriles is 2. The molecule has 10 aromatic rings. The number of rotatable bonds is 5. The number of hydrogen-bond donors (Lipinski definition) is 0. The quantitative estimate of drug-likeness (QED) is 0.178. The number of aryl methyl sites for hydroxylation is 2. The summed E-state index contributed by atoms with van der Waals surface area (Å²) in [6.07, 6.45) is 0. The molecule has 0 amide bonds. The van der Waals surface area contributed by atoms with Crippen molar-refractivity contribution in [2.75, 3.05) is 0 Å². The molecular weight excluding hydrogens is 681 g/mol. The molecule has 2 heterocycles. The van der Waals surface area contributed by atoms with Crippen LogP contribution in [0.3, 0.4) is 0 Å². The molecule has 0 saturated heterocycles. The molecule has 56 heavy (non-hydrogen) atoms. The summed E-state index contributed by atoms with van der Waals surface area (Å²) >= 11 is 0. The van der Waals surface area contributed by atoms with Crippen molar-refractivity contribution in [3.05, 3.63) is 192 Å². The standard InChI is InChI=1S/C52H34N4/c1-33-13-19-47-41(25-33)45-29-39(37-9-5-3-6-10-37)17-23-51(45)55(47)49-21-15-35(31-53)27-43(49)44-28-36(32-54)16-22-50(44)56-48-20-14-34(2)26-42(48)46-30-40(18-24-52(46)56)38-11-7-4-8-12-38/h3-30H,1-2H3. The molecule has 0 unspecified atom stereocenters. The maximum Gasteiger partial charge on any atom is 0.0991 e. The fraction of sp³-hybridized carbons (Fsp3) is 0.0385. The van der Waals surface area contributed by atoms with Gasteiger partial charge in [0.2, 0.25) is 0 Å². The summed E-state index contributed by atoms with van der Waals surface area (Å²) < 4.78 is 4.64. The first-order chi connectivity index (χ1) is 27.5. The monoisotopic (exact) mass is 714 g/mol. The Hall–Kier alpha value is -7.66. The Kier molecular flexibility index (Phi) is 7.66. The van der Waals surface area contributed by atoms with Gasteiger partial charge in [0, 0.05) is 32.7 Å². The van der Waals surface area contributed by atoms with E-state index in [0.29, 0.717) is 11.1 Å². The largest absolute Gasteiger partial charge is 0.309 e. The molecule has 0 fully saturated rings. The van der Waals surface area contributed by atoms with E-state index in [9.17, 15) is 10.5 Å². The van der Waals surface area contributed by atoms with E-state index >= 15 is 0 Å². The van der Waals surface area contributed by atoms with Crippen LogP contribution in [0.25, 0.3) is 88.4 Å². The van der Waals surface area contributed by atoms with Crippen molar-refractivity contribution in [1.82, 2.24) is 9.13 Å². The fourth-order valence-electron chi connectivity index (χ4n) is 8.45. The second-order valence-corrected chi connectivity index (χ2v) is 14.6. The smallest absolute Gasteiger partial charge is 0.0991 e. The lowest BCUT2D eigenvalue weighted by Gasteiger charge is -2.19. The normalized spacial score (nSPS) is 11.4. The third kappa shape index (κ3) is 5.28. The van der Waals surface area contributed by atoms with Gasteiger partial charge in [-0.15, -0.1) is 0 Å². The highest BCUT2D eigenvalue weighted by atomic mass is 15.0. The van der Waals surface area contributed by atoms with Crippen LogP contribution in [0.4, 0.5) is 0 Å². The number of nitrogens with zero attached hydrogens (tertiary/aromatic N) is 4. The van der Waals surface area contributed by atoms with E-state index in [4.69, 9.17) is 0 Å². The Morgan fingerprint density at radius 3 is 1.12 bits per heavy atom. The predicted octanol–water partition coefficient (Wildman–Crippen LogP) is 13.2. The number of aromatic nitrogens is 2. The van der Waals surface area contributed by atoms with E-state index < -0.39 is 0 Å². The molecule has 10 rings (SSSR count). The van der Waals surface area contributed by atoms with E-state index in [1.807, 2.05) is 36.4 Å². The molecule has 4 nitrogen and oxygen atoms in total. The Morgan fingerprint density at radius 1 is 0.357 bits per heavy atom. The molecule has 2 aromatic heterocycles. The van der Waals surface area contributed by atoms with Gasteiger partial charge in [0.25, 0.3) is 0 Å². The maximum atomic E-state index is 10.3. The lowest BCUT2D eigenvalue weighted by Crippen LogP contribution is -2.02. The first-order valence-electron chi connectivity index (χ1n) is 18.8. The van der Waals surface area contributed by atoms with Crippen LogP contribution >= 0.6 is 0 Å². The molecule has 0 N–H and O–H groups in total. The first-order valence-corrected chi connectivity index (χ1v) is 18.8. The average molecular weight is 715 g/mol. The molecule has 0 aliphatic heterocycles. The van der Waals surface area contributed by atoms with Crippen molar-refractivity contribution in [3.8, 4) is 56.9 Å². The third-order valence-electron chi connectivity index (χ3n) is 11.1. The SMILES string of the molecule is Cc1ccc2c(c1)c1cc(-c3ccccc3)ccc1n2-c1ccc(C#N)cc1-c1cc(C#N)ccc1-n1c2ccc(C)cc2c2cc(-c3ccccc3)ccc21. The minimum Gasteiger partial charge on any atom is -0.309 e. The van der Waals surface area contributed by atoms with Gasteiger partial charge in [-0.05, 0) is 121 Å². The van der Waals surface area contributed by atoms with Crippen molar-refractivity contribution < 1.29 is 0 Å². The Balaban J connectivity index is 1.28. The van der Waals surface area contributed by atoms with Crippen molar-refractivity contribution in [1.29, 1.82) is 10.5 Å². The highest BCUT2D eigenvalue weighted by Crippen LogP contribution is 2.43. The van der Waals surface area contributed by atoms with E-state index in [0.717, 1.165) is 88.4 Å². The molecule has 0 spiro atoms. The lowest BCUT2D eigenvalue weighted by atomic mass is 9.97. The van der Waals surface area contributed by atoms with E-state index in [1.165, 1.54) is 11.1 Å². The second-order valence-electron chi connectivity index (χ2n) is 14.6. The predicted molar refractivity (Wildman–Crippen MR) is 230 cm³/mol. The minimum absolute atomic E-state index is 0.547. The molecule has 0 bridgehead atoms. The zero-order chi connectivity index (χ0) is 37.9. The summed E-state index contributed by atoms with van der Waals surface area (Å²) in [6.45, 7) is 4.26. The fourth-order valence-corrected chi connectivity index (χ4v) is 8.45. The van der Waals surface area contributed by atoms with Crippen LogP contribution in [-0.4, -0.2) is 9.13 Å². The highest BCUT2D eigenvalue weighted by molar-refractivity contribution is 6.13. The molecule has 8 aromatic carbocycles. The van der Waals surface area contributed by atoms with Crippen molar-refractivity contribution in [2.24, 2.45) is 0 Å². The molecule has 0 aliphatic carbocycles. The lowest BCUT2D eigenvalue weighted by molar-refractivity contribution is 1.16. The van der Waals surface area contributed by atoms with Gasteiger partial charge < -0.3 is 9.13 Å². The van der Waals surface area contributed by atoms with E-state index in [-0.39, 0.29) is 0 Å². The van der Waals surface area contributed by atoms with Gasteiger partial charge in [-0.3, -0.25) is 0 Å². The van der Waals surface area contributed by atoms with Gasteiger partial charge in [-0.1, -0.05) is 96.1 Å². The van der Waals surface area contributed by atoms with Gasteiger partial charge in [-0.2, -0.15) is 10.5 Å². The van der Waals surface area contributed by atoms with Crippen LogP contribution in [-0.2, 0) is 0 Å². The summed E-state index contributed by atoms with van der Waals surface area (Å²) in [5.74, 6) is 0. The molecule has 4 heteroatoms. The van der Waals surface area contributed by atoms with Crippen LogP contribution in [0, 0.1) is 36.5 Å². The summed E-state index contributed by atoms with van der Waals surface area (Å²) in [4.78, 5) is 0. The number of benzene rings is 8. The van der Waals surface area contributed by atoms with Crippen molar-refractivity contribution in [3.63, 3.8) is 0 Å².